The fraction of sp³-hybridized carbons (Fsp3) is 0.211. The van der Waals surface area contributed by atoms with E-state index in [1.165, 1.54) is 0 Å². The largest absolute Gasteiger partial charge is 0.383 e. The van der Waals surface area contributed by atoms with Crippen LogP contribution in [0.3, 0.4) is 0 Å². The highest BCUT2D eigenvalue weighted by Crippen LogP contribution is 2.17. The van der Waals surface area contributed by atoms with Gasteiger partial charge in [-0.15, -0.1) is 0 Å². The van der Waals surface area contributed by atoms with E-state index < -0.39 is 0 Å². The summed E-state index contributed by atoms with van der Waals surface area (Å²) >= 11 is 0. The lowest BCUT2D eigenvalue weighted by Gasteiger charge is -2.09. The topological polar surface area (TPSA) is 49.3 Å². The smallest absolute Gasteiger partial charge is 0.197 e. The second-order valence-electron chi connectivity index (χ2n) is 5.76. The molecule has 24 heavy (non-hydrogen) atoms. The molecule has 0 unspecified atom stereocenters. The minimum Gasteiger partial charge on any atom is -0.383 e. The minimum absolute atomic E-state index is 0.0898. The second kappa shape index (κ2) is 8.06. The van der Waals surface area contributed by atoms with Crippen molar-refractivity contribution in [1.29, 1.82) is 0 Å². The molecule has 2 rings (SSSR count). The highest BCUT2D eigenvalue weighted by Gasteiger charge is 2.16. The quantitative estimate of drug-likeness (QED) is 0.766. The molecule has 124 valence electrons. The molecule has 0 spiro atoms. The first-order chi connectivity index (χ1) is 11.5. The molecule has 0 aliphatic carbocycles. The number of hydrogen-bond donors (Lipinski definition) is 0. The number of pyridine rings is 2. The molecule has 0 saturated heterocycles. The van der Waals surface area contributed by atoms with Gasteiger partial charge in [0, 0.05) is 64.1 Å². The molecule has 0 fully saturated rings. The average molecular weight is 322 g/mol. The molecule has 5 nitrogen and oxygen atoms in total. The Morgan fingerprint density at radius 3 is 1.62 bits per heavy atom. The molecule has 0 radical (unpaired) electrons. The van der Waals surface area contributed by atoms with Gasteiger partial charge in [0.25, 0.3) is 0 Å². The third-order valence-electron chi connectivity index (χ3n) is 3.23. The third-order valence-corrected chi connectivity index (χ3v) is 3.23. The fourth-order valence-corrected chi connectivity index (χ4v) is 2.07. The van der Waals surface area contributed by atoms with Crippen LogP contribution in [0.15, 0.2) is 49.1 Å². The van der Waals surface area contributed by atoms with Crippen LogP contribution in [-0.2, 0) is 0 Å². The van der Waals surface area contributed by atoms with E-state index in [2.05, 4.69) is 9.97 Å². The zero-order valence-electron chi connectivity index (χ0n) is 14.5. The number of carbonyl (C=O) groups excluding carboxylic acids is 1. The van der Waals surface area contributed by atoms with E-state index in [1.807, 2.05) is 62.5 Å². The number of hydrogen-bond acceptors (Lipinski definition) is 5. The number of carbonyl (C=O) groups is 1. The number of ketones is 1. The van der Waals surface area contributed by atoms with Gasteiger partial charge in [0.2, 0.25) is 0 Å². The molecule has 2 aromatic heterocycles. The van der Waals surface area contributed by atoms with E-state index in [0.717, 1.165) is 0 Å². The van der Waals surface area contributed by atoms with E-state index in [1.54, 1.807) is 36.7 Å². The molecule has 0 aliphatic heterocycles. The molecular formula is C19H22N4O. The number of nitrogens with zero attached hydrogens (tertiary/aromatic N) is 4. The lowest BCUT2D eigenvalue weighted by atomic mass is 10.0. The van der Waals surface area contributed by atoms with Crippen molar-refractivity contribution in [1.82, 2.24) is 19.8 Å². The minimum atomic E-state index is -0.0898. The summed E-state index contributed by atoms with van der Waals surface area (Å²) in [6, 6.07) is 7.12. The fourth-order valence-electron chi connectivity index (χ4n) is 2.07. The van der Waals surface area contributed by atoms with Crippen LogP contribution in [0.4, 0.5) is 0 Å². The Kier molecular flexibility index (Phi) is 5.84. The summed E-state index contributed by atoms with van der Waals surface area (Å²) in [5.74, 6) is -0.0898. The molecule has 0 amide bonds. The number of rotatable bonds is 6. The van der Waals surface area contributed by atoms with Gasteiger partial charge in [0.15, 0.2) is 5.78 Å². The van der Waals surface area contributed by atoms with Crippen molar-refractivity contribution in [3.05, 3.63) is 71.6 Å². The van der Waals surface area contributed by atoms with Crippen LogP contribution in [0, 0.1) is 0 Å². The predicted molar refractivity (Wildman–Crippen MR) is 97.3 cm³/mol. The van der Waals surface area contributed by atoms with E-state index in [4.69, 9.17) is 0 Å². The molecule has 5 heteroatoms. The van der Waals surface area contributed by atoms with E-state index >= 15 is 0 Å². The lowest BCUT2D eigenvalue weighted by Crippen LogP contribution is -2.09. The first-order valence-electron chi connectivity index (χ1n) is 7.63. The van der Waals surface area contributed by atoms with Crippen LogP contribution in [-0.4, -0.2) is 53.7 Å². The summed E-state index contributed by atoms with van der Waals surface area (Å²) < 4.78 is 0. The molecule has 0 N–H and O–H groups in total. The normalized spacial score (nSPS) is 11.2. The molecule has 2 heterocycles. The van der Waals surface area contributed by atoms with Crippen molar-refractivity contribution in [2.75, 3.05) is 28.2 Å². The van der Waals surface area contributed by atoms with Crippen molar-refractivity contribution in [2.45, 2.75) is 0 Å². The Balaban J connectivity index is 2.44. The molecule has 0 bridgehead atoms. The first-order valence-corrected chi connectivity index (χ1v) is 7.63. The highest BCUT2D eigenvalue weighted by atomic mass is 16.1. The van der Waals surface area contributed by atoms with Gasteiger partial charge in [-0.05, 0) is 36.4 Å². The van der Waals surface area contributed by atoms with Crippen LogP contribution in [0.25, 0.3) is 12.2 Å². The molecular weight excluding hydrogens is 300 g/mol. The molecule has 0 aliphatic rings. The zero-order chi connectivity index (χ0) is 17.5. The van der Waals surface area contributed by atoms with Gasteiger partial charge in [0.1, 0.15) is 0 Å². The maximum Gasteiger partial charge on any atom is 0.197 e. The van der Waals surface area contributed by atoms with Crippen molar-refractivity contribution in [2.24, 2.45) is 0 Å². The van der Waals surface area contributed by atoms with Crippen LogP contribution in [0.5, 0.6) is 0 Å². The SMILES string of the molecule is CN(C)C=Cc1ncccc1C(=O)c1cccnc1C=CN(C)C. The highest BCUT2D eigenvalue weighted by molar-refractivity contribution is 6.12. The Morgan fingerprint density at radius 1 is 0.833 bits per heavy atom. The lowest BCUT2D eigenvalue weighted by molar-refractivity contribution is 0.103. The Morgan fingerprint density at radius 2 is 1.25 bits per heavy atom. The molecule has 2 aromatic rings. The van der Waals surface area contributed by atoms with Crippen LogP contribution in [0.2, 0.25) is 0 Å². The van der Waals surface area contributed by atoms with Crippen molar-refractivity contribution in [3.8, 4) is 0 Å². The van der Waals surface area contributed by atoms with Gasteiger partial charge in [-0.1, -0.05) is 0 Å². The van der Waals surface area contributed by atoms with E-state index in [9.17, 15) is 4.79 Å². The van der Waals surface area contributed by atoms with Crippen LogP contribution in [0.1, 0.15) is 27.3 Å². The van der Waals surface area contributed by atoms with Crippen molar-refractivity contribution < 1.29 is 4.79 Å². The summed E-state index contributed by atoms with van der Waals surface area (Å²) in [6.07, 6.45) is 10.8. The van der Waals surface area contributed by atoms with Crippen molar-refractivity contribution in [3.63, 3.8) is 0 Å². The van der Waals surface area contributed by atoms with E-state index in [0.29, 0.717) is 22.5 Å². The summed E-state index contributed by atoms with van der Waals surface area (Å²) in [5, 5.41) is 0. The predicted octanol–water partition coefficient (Wildman–Crippen LogP) is 2.77. The summed E-state index contributed by atoms with van der Waals surface area (Å²) in [7, 11) is 7.69. The maximum atomic E-state index is 13.0. The molecule has 0 aromatic carbocycles. The third kappa shape index (κ3) is 4.52. The average Bonchev–Trinajstić information content (AvgIpc) is 2.58. The van der Waals surface area contributed by atoms with Gasteiger partial charge in [0.05, 0.1) is 11.4 Å². The molecule has 0 saturated carbocycles. The summed E-state index contributed by atoms with van der Waals surface area (Å²) in [4.78, 5) is 25.4. The van der Waals surface area contributed by atoms with E-state index in [-0.39, 0.29) is 5.78 Å². The maximum absolute atomic E-state index is 13.0. The zero-order valence-corrected chi connectivity index (χ0v) is 14.5. The Bertz CT molecular complexity index is 700. The summed E-state index contributed by atoms with van der Waals surface area (Å²) in [5.41, 5.74) is 2.40. The second-order valence-corrected chi connectivity index (χ2v) is 5.76. The van der Waals surface area contributed by atoms with Gasteiger partial charge >= 0.3 is 0 Å². The monoisotopic (exact) mass is 322 g/mol. The summed E-state index contributed by atoms with van der Waals surface area (Å²) in [6.45, 7) is 0. The van der Waals surface area contributed by atoms with Crippen LogP contribution < -0.4 is 0 Å². The van der Waals surface area contributed by atoms with Gasteiger partial charge in [-0.2, -0.15) is 0 Å². The molecule has 0 atom stereocenters. The van der Waals surface area contributed by atoms with Gasteiger partial charge < -0.3 is 9.80 Å². The van der Waals surface area contributed by atoms with Crippen LogP contribution >= 0.6 is 0 Å². The Labute approximate surface area is 143 Å². The Hall–Kier alpha value is -2.95. The van der Waals surface area contributed by atoms with Gasteiger partial charge in [-0.25, -0.2) is 0 Å². The first kappa shape index (κ1) is 17.4. The van der Waals surface area contributed by atoms with Crippen molar-refractivity contribution >= 4 is 17.9 Å². The van der Waals surface area contributed by atoms with Gasteiger partial charge in [-0.3, -0.25) is 14.8 Å². The number of aromatic nitrogens is 2. The standard InChI is InChI=1S/C19H22N4O/c1-22(2)13-9-17-15(7-5-11-20-17)19(24)16-8-6-12-21-18(16)10-14-23(3)4/h5-14H,1-4H3.